The van der Waals surface area contributed by atoms with Crippen molar-refractivity contribution in [2.45, 2.75) is 0 Å². The van der Waals surface area contributed by atoms with Gasteiger partial charge in [-0.3, -0.25) is 0 Å². The standard InChI is InChI=1S/C56H35N3O/c1-5-15-40(16-6-1)57(41-17-7-2-8-18-41)44-27-25-36-33-50-47(31-38(36)29-44)48-35-53-54(46-23-13-14-24-52(46)60-53)55-49-32-39-30-45(28-26-37(39)34-51(49)59(50)56(48)55)58(42-19-9-3-10-20-42)43-21-11-4-12-22-43/h1-35H. The normalized spacial score (nSPS) is 12.0. The van der Waals surface area contributed by atoms with Gasteiger partial charge < -0.3 is 18.6 Å². The second-order valence-corrected chi connectivity index (χ2v) is 15.8. The number of fused-ring (bicyclic) bond motifs is 12. The van der Waals surface area contributed by atoms with Gasteiger partial charge in [-0.25, -0.2) is 0 Å². The van der Waals surface area contributed by atoms with Crippen LogP contribution in [0.1, 0.15) is 0 Å². The SMILES string of the molecule is c1ccc(N(c2ccccc2)c2ccc3cc4c(cc3c2)c2cc3oc5ccccc5c3c3c5cc6cc(N(c7ccccc7)c7ccccc7)ccc6cc5n4c23)cc1. The summed E-state index contributed by atoms with van der Waals surface area (Å²) in [5.41, 5.74) is 12.2. The average Bonchev–Trinajstić information content (AvgIpc) is 3.95. The van der Waals surface area contributed by atoms with Crippen molar-refractivity contribution in [2.24, 2.45) is 0 Å². The highest BCUT2D eigenvalue weighted by Crippen LogP contribution is 2.48. The largest absolute Gasteiger partial charge is 0.456 e. The van der Waals surface area contributed by atoms with Crippen LogP contribution in [0.5, 0.6) is 0 Å². The zero-order valence-electron chi connectivity index (χ0n) is 32.5. The number of nitrogens with zero attached hydrogens (tertiary/aromatic N) is 3. The number of furan rings is 1. The van der Waals surface area contributed by atoms with Crippen LogP contribution in [-0.4, -0.2) is 4.40 Å². The average molecular weight is 766 g/mol. The Bertz CT molecular complexity index is 3680. The van der Waals surface area contributed by atoms with E-state index >= 15 is 0 Å². The number of anilines is 6. The van der Waals surface area contributed by atoms with Crippen LogP contribution >= 0.6 is 0 Å². The van der Waals surface area contributed by atoms with E-state index in [1.54, 1.807) is 0 Å². The van der Waals surface area contributed by atoms with Crippen LogP contribution in [0.4, 0.5) is 34.1 Å². The van der Waals surface area contributed by atoms with E-state index < -0.39 is 0 Å². The van der Waals surface area contributed by atoms with Crippen molar-refractivity contribution in [1.29, 1.82) is 0 Å². The summed E-state index contributed by atoms with van der Waals surface area (Å²) in [6, 6.07) is 76.5. The zero-order valence-corrected chi connectivity index (χ0v) is 32.5. The molecule has 13 rings (SSSR count). The molecule has 0 N–H and O–H groups in total. The fourth-order valence-electron chi connectivity index (χ4n) is 9.76. The third-order valence-electron chi connectivity index (χ3n) is 12.4. The zero-order chi connectivity index (χ0) is 39.3. The molecular formula is C56H35N3O. The van der Waals surface area contributed by atoms with Crippen LogP contribution in [0.2, 0.25) is 0 Å². The Hall–Kier alpha value is -8.08. The maximum atomic E-state index is 6.71. The molecule has 0 saturated heterocycles. The molecule has 4 heteroatoms. The minimum Gasteiger partial charge on any atom is -0.456 e. The van der Waals surface area contributed by atoms with E-state index in [1.165, 1.54) is 65.0 Å². The van der Waals surface area contributed by atoms with Gasteiger partial charge in [-0.1, -0.05) is 103 Å². The van der Waals surface area contributed by atoms with Gasteiger partial charge in [0, 0.05) is 66.4 Å². The van der Waals surface area contributed by atoms with E-state index in [1.807, 2.05) is 0 Å². The summed E-state index contributed by atoms with van der Waals surface area (Å²) in [5.74, 6) is 0. The van der Waals surface area contributed by atoms with E-state index in [4.69, 9.17) is 4.42 Å². The fourth-order valence-corrected chi connectivity index (χ4v) is 9.76. The number of hydrogen-bond donors (Lipinski definition) is 0. The van der Waals surface area contributed by atoms with Crippen LogP contribution in [-0.2, 0) is 0 Å². The third-order valence-corrected chi connectivity index (χ3v) is 12.4. The smallest absolute Gasteiger partial charge is 0.136 e. The first-order valence-corrected chi connectivity index (χ1v) is 20.5. The Balaban J connectivity index is 1.08. The van der Waals surface area contributed by atoms with Crippen molar-refractivity contribution < 1.29 is 4.42 Å². The monoisotopic (exact) mass is 765 g/mol. The summed E-state index contributed by atoms with van der Waals surface area (Å²) in [4.78, 5) is 4.67. The van der Waals surface area contributed by atoms with Crippen molar-refractivity contribution in [2.75, 3.05) is 9.80 Å². The quantitative estimate of drug-likeness (QED) is 0.168. The molecule has 0 atom stereocenters. The van der Waals surface area contributed by atoms with E-state index in [9.17, 15) is 0 Å². The van der Waals surface area contributed by atoms with Gasteiger partial charge in [-0.15, -0.1) is 0 Å². The van der Waals surface area contributed by atoms with Crippen LogP contribution in [0, 0.1) is 0 Å². The van der Waals surface area contributed by atoms with E-state index in [2.05, 4.69) is 227 Å². The molecule has 0 bridgehead atoms. The third kappa shape index (κ3) is 4.85. The topological polar surface area (TPSA) is 24.0 Å². The molecule has 0 fully saturated rings. The minimum absolute atomic E-state index is 0.905. The summed E-state index contributed by atoms with van der Waals surface area (Å²) in [7, 11) is 0. The van der Waals surface area contributed by atoms with Gasteiger partial charge >= 0.3 is 0 Å². The Morgan fingerprint density at radius 2 is 0.767 bits per heavy atom. The van der Waals surface area contributed by atoms with E-state index in [0.717, 1.165) is 50.7 Å². The maximum absolute atomic E-state index is 6.71. The molecule has 0 amide bonds. The Kier molecular flexibility index (Phi) is 6.98. The molecule has 0 spiro atoms. The molecule has 3 heterocycles. The highest BCUT2D eigenvalue weighted by molar-refractivity contribution is 6.36. The molecule has 0 aliphatic carbocycles. The molecule has 0 radical (unpaired) electrons. The van der Waals surface area contributed by atoms with Gasteiger partial charge in [0.1, 0.15) is 11.2 Å². The summed E-state index contributed by atoms with van der Waals surface area (Å²) < 4.78 is 9.22. The first-order valence-electron chi connectivity index (χ1n) is 20.5. The van der Waals surface area contributed by atoms with Gasteiger partial charge in [0.2, 0.25) is 0 Å². The lowest BCUT2D eigenvalue weighted by atomic mass is 9.99. The highest BCUT2D eigenvalue weighted by atomic mass is 16.3. The van der Waals surface area contributed by atoms with Gasteiger partial charge in [0.05, 0.1) is 16.6 Å². The van der Waals surface area contributed by atoms with Crippen molar-refractivity contribution in [1.82, 2.24) is 4.40 Å². The van der Waals surface area contributed by atoms with Crippen molar-refractivity contribution in [3.05, 3.63) is 212 Å². The molecule has 10 aromatic carbocycles. The lowest BCUT2D eigenvalue weighted by Gasteiger charge is -2.25. The molecule has 280 valence electrons. The molecule has 0 unspecified atom stereocenters. The number of para-hydroxylation sites is 5. The van der Waals surface area contributed by atoms with Crippen molar-refractivity contribution in [3.63, 3.8) is 0 Å². The molecular weight excluding hydrogens is 731 g/mol. The summed E-state index contributed by atoms with van der Waals surface area (Å²) in [6.45, 7) is 0. The van der Waals surface area contributed by atoms with Crippen LogP contribution in [0.25, 0.3) is 81.6 Å². The molecule has 60 heavy (non-hydrogen) atoms. The van der Waals surface area contributed by atoms with Crippen LogP contribution in [0.3, 0.4) is 0 Å². The minimum atomic E-state index is 0.905. The van der Waals surface area contributed by atoms with Gasteiger partial charge in [-0.2, -0.15) is 0 Å². The molecule has 3 aromatic heterocycles. The first-order chi connectivity index (χ1) is 29.7. The summed E-state index contributed by atoms with van der Waals surface area (Å²) >= 11 is 0. The highest BCUT2D eigenvalue weighted by Gasteiger charge is 2.24. The molecule has 4 nitrogen and oxygen atoms in total. The Morgan fingerprint density at radius 3 is 1.30 bits per heavy atom. The van der Waals surface area contributed by atoms with Crippen LogP contribution in [0.15, 0.2) is 217 Å². The van der Waals surface area contributed by atoms with Crippen molar-refractivity contribution in [3.8, 4) is 0 Å². The number of hydrogen-bond acceptors (Lipinski definition) is 3. The molecule has 0 saturated carbocycles. The summed E-state index contributed by atoms with van der Waals surface area (Å²) in [6.07, 6.45) is 0. The Labute approximate surface area is 345 Å². The van der Waals surface area contributed by atoms with Crippen LogP contribution < -0.4 is 9.80 Å². The first kappa shape index (κ1) is 32.9. The number of aromatic nitrogens is 1. The van der Waals surface area contributed by atoms with Gasteiger partial charge in [0.15, 0.2) is 0 Å². The molecule has 0 aliphatic rings. The predicted molar refractivity (Wildman–Crippen MR) is 253 cm³/mol. The second-order valence-electron chi connectivity index (χ2n) is 15.8. The Morgan fingerprint density at radius 1 is 0.300 bits per heavy atom. The van der Waals surface area contributed by atoms with E-state index in [0.29, 0.717) is 0 Å². The number of rotatable bonds is 6. The lowest BCUT2D eigenvalue weighted by Crippen LogP contribution is -2.09. The molecule has 13 aromatic rings. The van der Waals surface area contributed by atoms with Gasteiger partial charge in [-0.05, 0) is 131 Å². The molecule has 0 aliphatic heterocycles. The van der Waals surface area contributed by atoms with Gasteiger partial charge in [0.25, 0.3) is 0 Å². The summed E-state index contributed by atoms with van der Waals surface area (Å²) in [5, 5.41) is 11.9. The van der Waals surface area contributed by atoms with Crippen molar-refractivity contribution >= 4 is 116 Å². The number of benzene rings is 10. The van der Waals surface area contributed by atoms with E-state index in [-0.39, 0.29) is 0 Å². The maximum Gasteiger partial charge on any atom is 0.136 e. The predicted octanol–water partition coefficient (Wildman–Crippen LogP) is 16.0. The fraction of sp³-hybridized carbons (Fsp3) is 0. The second kappa shape index (κ2) is 12.7. The lowest BCUT2D eigenvalue weighted by molar-refractivity contribution is 0.669.